The third-order valence-electron chi connectivity index (χ3n) is 7.14. The smallest absolute Gasteiger partial charge is 0.369 e. The summed E-state index contributed by atoms with van der Waals surface area (Å²) in [5, 5.41) is 0. The Hall–Kier alpha value is -2.05. The summed E-state index contributed by atoms with van der Waals surface area (Å²) in [7, 11) is 0. The van der Waals surface area contributed by atoms with Crippen LogP contribution in [0.25, 0.3) is 0 Å². The van der Waals surface area contributed by atoms with Gasteiger partial charge in [0.1, 0.15) is 0 Å². The highest BCUT2D eigenvalue weighted by Gasteiger charge is 2.44. The van der Waals surface area contributed by atoms with Crippen LogP contribution in [0.1, 0.15) is 42.4 Å². The highest BCUT2D eigenvalue weighted by Crippen LogP contribution is 2.47. The lowest BCUT2D eigenvalue weighted by atomic mass is 9.77. The van der Waals surface area contributed by atoms with Gasteiger partial charge in [0.15, 0.2) is 0 Å². The van der Waals surface area contributed by atoms with E-state index in [4.69, 9.17) is 4.74 Å². The fourth-order valence-electron chi connectivity index (χ4n) is 5.46. The molecule has 0 atom stereocenters. The van der Waals surface area contributed by atoms with Crippen molar-refractivity contribution in [2.45, 2.75) is 50.1 Å². The normalized spacial score (nSPS) is 27.4. The van der Waals surface area contributed by atoms with E-state index in [0.29, 0.717) is 11.7 Å². The number of piperazine rings is 1. The van der Waals surface area contributed by atoms with Gasteiger partial charge in [-0.25, -0.2) is 0 Å². The van der Waals surface area contributed by atoms with Gasteiger partial charge in [-0.15, -0.1) is 0 Å². The van der Waals surface area contributed by atoms with Crippen molar-refractivity contribution in [3.05, 3.63) is 65.2 Å². The molecule has 160 valence electrons. The molecule has 1 saturated carbocycles. The number of hydrogen-bond acceptors (Lipinski definition) is 3. The van der Waals surface area contributed by atoms with Gasteiger partial charge in [0.25, 0.3) is 0 Å². The average molecular weight is 416 g/mol. The minimum atomic E-state index is -4.29. The highest BCUT2D eigenvalue weighted by molar-refractivity contribution is 5.49. The molecule has 0 bridgehead atoms. The highest BCUT2D eigenvalue weighted by atomic mass is 19.4. The monoisotopic (exact) mass is 416 g/mol. The summed E-state index contributed by atoms with van der Waals surface area (Å²) in [6.07, 6.45) is 0.0116. The molecule has 5 rings (SSSR count). The molecule has 2 fully saturated rings. The molecule has 1 spiro atoms. The first-order valence-corrected chi connectivity index (χ1v) is 10.8. The molecule has 30 heavy (non-hydrogen) atoms. The SMILES string of the molecule is FC(F)(F)c1cccc(N2CCN(C3CCC4(CC3)OCc3ccccc34)CC2)c1. The van der Waals surface area contributed by atoms with E-state index in [9.17, 15) is 13.2 Å². The van der Waals surface area contributed by atoms with E-state index in [-0.39, 0.29) is 5.60 Å². The van der Waals surface area contributed by atoms with Crippen molar-refractivity contribution in [2.24, 2.45) is 0 Å². The Morgan fingerprint density at radius 3 is 2.37 bits per heavy atom. The summed E-state index contributed by atoms with van der Waals surface area (Å²) in [5.74, 6) is 0. The molecular weight excluding hydrogens is 389 g/mol. The van der Waals surface area contributed by atoms with Crippen LogP contribution >= 0.6 is 0 Å². The van der Waals surface area contributed by atoms with Crippen molar-refractivity contribution in [3.63, 3.8) is 0 Å². The Balaban J connectivity index is 1.19. The van der Waals surface area contributed by atoms with Gasteiger partial charge < -0.3 is 9.64 Å². The molecule has 0 unspecified atom stereocenters. The quantitative estimate of drug-likeness (QED) is 0.670. The molecule has 0 N–H and O–H groups in total. The van der Waals surface area contributed by atoms with Crippen molar-refractivity contribution in [1.82, 2.24) is 4.90 Å². The van der Waals surface area contributed by atoms with Crippen molar-refractivity contribution in [3.8, 4) is 0 Å². The topological polar surface area (TPSA) is 15.7 Å². The summed E-state index contributed by atoms with van der Waals surface area (Å²) in [6.45, 7) is 4.04. The van der Waals surface area contributed by atoms with E-state index in [1.807, 2.05) is 0 Å². The van der Waals surface area contributed by atoms with Crippen LogP contribution in [0.2, 0.25) is 0 Å². The van der Waals surface area contributed by atoms with E-state index < -0.39 is 11.7 Å². The van der Waals surface area contributed by atoms with Gasteiger partial charge in [-0.1, -0.05) is 30.3 Å². The molecule has 1 aliphatic carbocycles. The molecule has 3 nitrogen and oxygen atoms in total. The lowest BCUT2D eigenvalue weighted by molar-refractivity contribution is -0.137. The molecule has 2 heterocycles. The van der Waals surface area contributed by atoms with Crippen LogP contribution in [-0.4, -0.2) is 37.1 Å². The standard InChI is InChI=1S/C24H27F3N2O/c25-24(26,27)19-5-3-6-21(16-19)29-14-12-28(13-15-29)20-8-10-23(11-9-20)22-7-2-1-4-18(22)17-30-23/h1-7,16,20H,8-15,17H2. The first-order valence-electron chi connectivity index (χ1n) is 10.8. The summed E-state index contributed by atoms with van der Waals surface area (Å²) in [6, 6.07) is 14.8. The predicted octanol–water partition coefficient (Wildman–Crippen LogP) is 5.20. The van der Waals surface area contributed by atoms with Gasteiger partial charge >= 0.3 is 6.18 Å². The Bertz CT molecular complexity index is 897. The van der Waals surface area contributed by atoms with Crippen LogP contribution in [0.5, 0.6) is 0 Å². The number of anilines is 1. The van der Waals surface area contributed by atoms with Gasteiger partial charge in [0.05, 0.1) is 17.8 Å². The summed E-state index contributed by atoms with van der Waals surface area (Å²) >= 11 is 0. The molecule has 2 aromatic carbocycles. The van der Waals surface area contributed by atoms with E-state index in [0.717, 1.165) is 64.5 Å². The van der Waals surface area contributed by atoms with Gasteiger partial charge in [0.2, 0.25) is 0 Å². The minimum absolute atomic E-state index is 0.104. The third-order valence-corrected chi connectivity index (χ3v) is 7.14. The predicted molar refractivity (Wildman–Crippen MR) is 110 cm³/mol. The van der Waals surface area contributed by atoms with Crippen molar-refractivity contribution < 1.29 is 17.9 Å². The second-order valence-corrected chi connectivity index (χ2v) is 8.74. The lowest BCUT2D eigenvalue weighted by Gasteiger charge is -2.45. The maximum absolute atomic E-state index is 13.0. The zero-order valence-corrected chi connectivity index (χ0v) is 17.0. The number of nitrogens with zero attached hydrogens (tertiary/aromatic N) is 2. The fraction of sp³-hybridized carbons (Fsp3) is 0.500. The molecule has 0 amide bonds. The molecule has 2 aliphatic heterocycles. The number of fused-ring (bicyclic) bond motifs is 2. The second-order valence-electron chi connectivity index (χ2n) is 8.74. The second kappa shape index (κ2) is 7.57. The zero-order valence-electron chi connectivity index (χ0n) is 17.0. The van der Waals surface area contributed by atoms with Gasteiger partial charge in [0, 0.05) is 37.9 Å². The minimum Gasteiger partial charge on any atom is -0.369 e. The van der Waals surface area contributed by atoms with E-state index in [1.165, 1.54) is 23.3 Å². The molecule has 0 radical (unpaired) electrons. The van der Waals surface area contributed by atoms with E-state index in [1.54, 1.807) is 6.07 Å². The third kappa shape index (κ3) is 3.60. The van der Waals surface area contributed by atoms with Crippen LogP contribution in [0.3, 0.4) is 0 Å². The molecule has 6 heteroatoms. The van der Waals surface area contributed by atoms with Crippen LogP contribution in [0.4, 0.5) is 18.9 Å². The van der Waals surface area contributed by atoms with Crippen molar-refractivity contribution >= 4 is 5.69 Å². The summed E-state index contributed by atoms with van der Waals surface area (Å²) in [4.78, 5) is 4.60. The van der Waals surface area contributed by atoms with Crippen molar-refractivity contribution in [1.29, 1.82) is 0 Å². The maximum Gasteiger partial charge on any atom is 0.416 e. The number of alkyl halides is 3. The Kier molecular flexibility index (Phi) is 5.02. The molecule has 1 saturated heterocycles. The molecule has 0 aromatic heterocycles. The molecular formula is C24H27F3N2O. The zero-order chi connectivity index (χ0) is 20.8. The first-order chi connectivity index (χ1) is 14.4. The number of hydrogen-bond donors (Lipinski definition) is 0. The Morgan fingerprint density at radius 2 is 1.63 bits per heavy atom. The van der Waals surface area contributed by atoms with Crippen LogP contribution < -0.4 is 4.90 Å². The van der Waals surface area contributed by atoms with Crippen LogP contribution in [0.15, 0.2) is 48.5 Å². The Morgan fingerprint density at radius 1 is 0.900 bits per heavy atom. The number of rotatable bonds is 2. The van der Waals surface area contributed by atoms with Crippen molar-refractivity contribution in [2.75, 3.05) is 31.1 Å². The van der Waals surface area contributed by atoms with Gasteiger partial charge in [-0.3, -0.25) is 4.90 Å². The molecule has 2 aromatic rings. The van der Waals surface area contributed by atoms with Gasteiger partial charge in [-0.05, 0) is 55.0 Å². The Labute approximate surface area is 175 Å². The largest absolute Gasteiger partial charge is 0.416 e. The van der Waals surface area contributed by atoms with Gasteiger partial charge in [-0.2, -0.15) is 13.2 Å². The van der Waals surface area contributed by atoms with Crippen LogP contribution in [0, 0.1) is 0 Å². The summed E-state index contributed by atoms with van der Waals surface area (Å²) in [5.41, 5.74) is 2.69. The number of ether oxygens (including phenoxy) is 1. The number of halogens is 3. The maximum atomic E-state index is 13.0. The molecule has 3 aliphatic rings. The lowest BCUT2D eigenvalue weighted by Crippen LogP contribution is -2.52. The van der Waals surface area contributed by atoms with E-state index in [2.05, 4.69) is 34.1 Å². The van der Waals surface area contributed by atoms with E-state index >= 15 is 0 Å². The fourth-order valence-corrected chi connectivity index (χ4v) is 5.46. The summed E-state index contributed by atoms with van der Waals surface area (Å²) < 4.78 is 45.3. The first kappa shape index (κ1) is 19.9. The average Bonchev–Trinajstić information content (AvgIpc) is 3.12. The number of benzene rings is 2. The van der Waals surface area contributed by atoms with Crippen LogP contribution in [-0.2, 0) is 23.1 Å².